The van der Waals surface area contributed by atoms with E-state index in [1.165, 1.54) is 7.11 Å². The average Bonchev–Trinajstić information content (AvgIpc) is 3.31. The van der Waals surface area contributed by atoms with Crippen LogP contribution in [0.5, 0.6) is 0 Å². The number of hydrogen-bond donors (Lipinski definition) is 3. The first-order valence-corrected chi connectivity index (χ1v) is 9.16. The lowest BCUT2D eigenvalue weighted by Gasteiger charge is -2.14. The Balaban J connectivity index is 1.65. The molecule has 0 radical (unpaired) electrons. The van der Waals surface area contributed by atoms with Gasteiger partial charge in [0, 0.05) is 54.1 Å². The molecule has 0 saturated carbocycles. The van der Waals surface area contributed by atoms with Gasteiger partial charge < -0.3 is 25.0 Å². The fourth-order valence-electron chi connectivity index (χ4n) is 3.64. The molecule has 1 amide bonds. The summed E-state index contributed by atoms with van der Waals surface area (Å²) in [5.41, 5.74) is 3.30. The molecule has 3 aromatic rings. The van der Waals surface area contributed by atoms with Crippen LogP contribution in [0, 0.1) is 0 Å². The molecule has 29 heavy (non-hydrogen) atoms. The van der Waals surface area contributed by atoms with Crippen LogP contribution in [0.15, 0.2) is 36.8 Å². The highest BCUT2D eigenvalue weighted by molar-refractivity contribution is 6.00. The van der Waals surface area contributed by atoms with E-state index in [9.17, 15) is 14.7 Å². The van der Waals surface area contributed by atoms with Gasteiger partial charge in [-0.15, -0.1) is 0 Å². The van der Waals surface area contributed by atoms with Gasteiger partial charge in [-0.05, 0) is 18.2 Å². The lowest BCUT2D eigenvalue weighted by atomic mass is 10.0. The largest absolute Gasteiger partial charge is 0.467 e. The van der Waals surface area contributed by atoms with E-state index in [0.29, 0.717) is 12.0 Å². The molecule has 4 rings (SSSR count). The fraction of sp³-hybridized carbons (Fsp3) is 0.300. The lowest BCUT2D eigenvalue weighted by Crippen LogP contribution is -2.44. The van der Waals surface area contributed by atoms with Crippen LogP contribution in [-0.2, 0) is 23.0 Å². The number of aromatic nitrogens is 3. The standard InChI is InChI=1S/C20H21N5O4/c1-25-9-13(14-8-15-18(23-14)22-6-5-21-15)12-7-11(3-4-17(12)25)19(27)24-16(10-26)20(28)29-2/h3-7,9,14,16,26H,8,10H2,1-2H3,(H,22,23)(H,24,27). The van der Waals surface area contributed by atoms with Crippen molar-refractivity contribution < 1.29 is 19.4 Å². The molecule has 9 heteroatoms. The van der Waals surface area contributed by atoms with E-state index in [-0.39, 0.29) is 6.04 Å². The molecule has 0 fully saturated rings. The third-order valence-corrected chi connectivity index (χ3v) is 5.11. The van der Waals surface area contributed by atoms with E-state index < -0.39 is 24.5 Å². The predicted octanol–water partition coefficient (Wildman–Crippen LogP) is 0.941. The van der Waals surface area contributed by atoms with Gasteiger partial charge in [-0.25, -0.2) is 9.78 Å². The smallest absolute Gasteiger partial charge is 0.330 e. The van der Waals surface area contributed by atoms with Crippen LogP contribution in [0.1, 0.15) is 27.7 Å². The average molecular weight is 395 g/mol. The number of hydrogen-bond acceptors (Lipinski definition) is 7. The van der Waals surface area contributed by atoms with Crippen LogP contribution in [-0.4, -0.2) is 51.3 Å². The molecule has 2 unspecified atom stereocenters. The summed E-state index contributed by atoms with van der Waals surface area (Å²) >= 11 is 0. The van der Waals surface area contributed by atoms with Gasteiger partial charge in [0.2, 0.25) is 0 Å². The van der Waals surface area contributed by atoms with Crippen LogP contribution in [0.25, 0.3) is 10.9 Å². The molecular weight excluding hydrogens is 374 g/mol. The van der Waals surface area contributed by atoms with Crippen LogP contribution in [0.3, 0.4) is 0 Å². The number of ether oxygens (including phenoxy) is 1. The first kappa shape index (κ1) is 18.9. The third kappa shape index (κ3) is 3.40. The minimum Gasteiger partial charge on any atom is -0.467 e. The zero-order chi connectivity index (χ0) is 20.5. The maximum absolute atomic E-state index is 12.6. The summed E-state index contributed by atoms with van der Waals surface area (Å²) in [6.45, 7) is -0.540. The number of amides is 1. The van der Waals surface area contributed by atoms with E-state index in [1.54, 1.807) is 24.5 Å². The van der Waals surface area contributed by atoms with Crippen molar-refractivity contribution in [1.82, 2.24) is 19.9 Å². The van der Waals surface area contributed by atoms with Crippen LogP contribution >= 0.6 is 0 Å². The summed E-state index contributed by atoms with van der Waals surface area (Å²) in [5, 5.41) is 16.1. The number of anilines is 1. The zero-order valence-electron chi connectivity index (χ0n) is 16.0. The highest BCUT2D eigenvalue weighted by Gasteiger charge is 2.27. The number of carbonyl (C=O) groups is 2. The zero-order valence-corrected chi connectivity index (χ0v) is 16.0. The number of carbonyl (C=O) groups excluding carboxylic acids is 2. The van der Waals surface area contributed by atoms with Crippen molar-refractivity contribution in [2.24, 2.45) is 7.05 Å². The van der Waals surface area contributed by atoms with Crippen molar-refractivity contribution >= 4 is 28.6 Å². The van der Waals surface area contributed by atoms with Gasteiger partial charge in [0.1, 0.15) is 5.82 Å². The number of aliphatic hydroxyl groups excluding tert-OH is 1. The van der Waals surface area contributed by atoms with Gasteiger partial charge in [0.25, 0.3) is 5.91 Å². The fourth-order valence-corrected chi connectivity index (χ4v) is 3.64. The second-order valence-corrected chi connectivity index (χ2v) is 6.91. The summed E-state index contributed by atoms with van der Waals surface area (Å²) < 4.78 is 6.60. The Bertz CT molecular complexity index is 1070. The van der Waals surface area contributed by atoms with E-state index in [2.05, 4.69) is 25.3 Å². The van der Waals surface area contributed by atoms with Gasteiger partial charge >= 0.3 is 5.97 Å². The second-order valence-electron chi connectivity index (χ2n) is 6.91. The monoisotopic (exact) mass is 395 g/mol. The molecule has 1 aliphatic heterocycles. The molecule has 3 N–H and O–H groups in total. The molecule has 1 aromatic carbocycles. The maximum atomic E-state index is 12.6. The van der Waals surface area contributed by atoms with Crippen molar-refractivity contribution in [3.8, 4) is 0 Å². The first-order valence-electron chi connectivity index (χ1n) is 9.16. The summed E-state index contributed by atoms with van der Waals surface area (Å²) in [5.74, 6) is -0.389. The Morgan fingerprint density at radius 2 is 2.17 bits per heavy atom. The molecule has 1 aliphatic rings. The number of aryl methyl sites for hydroxylation is 1. The van der Waals surface area contributed by atoms with Gasteiger partial charge in [0.15, 0.2) is 6.04 Å². The van der Waals surface area contributed by atoms with Gasteiger partial charge in [-0.2, -0.15) is 0 Å². The van der Waals surface area contributed by atoms with Crippen molar-refractivity contribution in [3.63, 3.8) is 0 Å². The van der Waals surface area contributed by atoms with Crippen molar-refractivity contribution in [3.05, 3.63) is 53.6 Å². The molecule has 0 aliphatic carbocycles. The van der Waals surface area contributed by atoms with E-state index in [1.807, 2.05) is 23.9 Å². The summed E-state index contributed by atoms with van der Waals surface area (Å²) in [6.07, 6.45) is 6.06. The van der Waals surface area contributed by atoms with Gasteiger partial charge in [0.05, 0.1) is 25.5 Å². The molecular formula is C20H21N5O4. The van der Waals surface area contributed by atoms with E-state index in [4.69, 9.17) is 0 Å². The van der Waals surface area contributed by atoms with Crippen molar-refractivity contribution in [1.29, 1.82) is 0 Å². The van der Waals surface area contributed by atoms with E-state index in [0.717, 1.165) is 28.0 Å². The predicted molar refractivity (Wildman–Crippen MR) is 105 cm³/mol. The normalized spacial score (nSPS) is 16.2. The Morgan fingerprint density at radius 3 is 2.90 bits per heavy atom. The molecule has 3 heterocycles. The summed E-state index contributed by atoms with van der Waals surface area (Å²) in [7, 11) is 3.15. The highest BCUT2D eigenvalue weighted by Crippen LogP contribution is 2.35. The Kier molecular flexibility index (Phi) is 4.89. The number of esters is 1. The van der Waals surface area contributed by atoms with Gasteiger partial charge in [-0.1, -0.05) is 0 Å². The maximum Gasteiger partial charge on any atom is 0.330 e. The topological polar surface area (TPSA) is 118 Å². The van der Waals surface area contributed by atoms with Crippen LogP contribution in [0.4, 0.5) is 5.82 Å². The first-order chi connectivity index (χ1) is 14.0. The Morgan fingerprint density at radius 1 is 1.38 bits per heavy atom. The number of fused-ring (bicyclic) bond motifs is 2. The van der Waals surface area contributed by atoms with Crippen LogP contribution in [0.2, 0.25) is 0 Å². The Labute approximate surface area is 166 Å². The lowest BCUT2D eigenvalue weighted by molar-refractivity contribution is -0.143. The van der Waals surface area contributed by atoms with Crippen molar-refractivity contribution in [2.75, 3.05) is 19.0 Å². The summed E-state index contributed by atoms with van der Waals surface area (Å²) in [6, 6.07) is 4.22. The second kappa shape index (κ2) is 7.51. The SMILES string of the molecule is COC(=O)C(CO)NC(=O)c1ccc2c(c1)c(C1Cc3nccnc3N1)cn2C. The third-order valence-electron chi connectivity index (χ3n) is 5.11. The molecule has 0 bridgehead atoms. The number of benzene rings is 1. The van der Waals surface area contributed by atoms with Gasteiger partial charge in [-0.3, -0.25) is 9.78 Å². The summed E-state index contributed by atoms with van der Waals surface area (Å²) in [4.78, 5) is 33.0. The number of methoxy groups -OCH3 is 1. The number of aliphatic hydroxyl groups is 1. The minimum absolute atomic E-state index is 0.00493. The number of nitrogens with one attached hydrogen (secondary N) is 2. The quantitative estimate of drug-likeness (QED) is 0.550. The molecule has 9 nitrogen and oxygen atoms in total. The van der Waals surface area contributed by atoms with E-state index >= 15 is 0 Å². The van der Waals surface area contributed by atoms with Crippen LogP contribution < -0.4 is 10.6 Å². The Hall–Kier alpha value is -3.46. The van der Waals surface area contributed by atoms with Crippen molar-refractivity contribution in [2.45, 2.75) is 18.5 Å². The minimum atomic E-state index is -1.11. The number of nitrogens with zero attached hydrogens (tertiary/aromatic N) is 3. The highest BCUT2D eigenvalue weighted by atomic mass is 16.5. The molecule has 2 atom stereocenters. The number of rotatable bonds is 5. The molecule has 0 saturated heterocycles. The molecule has 0 spiro atoms. The molecule has 2 aromatic heterocycles. The molecule has 150 valence electrons.